The third kappa shape index (κ3) is 4.97. The molecule has 0 bridgehead atoms. The summed E-state index contributed by atoms with van der Waals surface area (Å²) in [6.07, 6.45) is 8.69. The van der Waals surface area contributed by atoms with Crippen molar-refractivity contribution >= 4 is 23.7 Å². The fourth-order valence-electron chi connectivity index (χ4n) is 2.12. The second-order valence-corrected chi connectivity index (χ2v) is 6.22. The number of aliphatic hydroxyl groups is 1. The van der Waals surface area contributed by atoms with E-state index in [1.165, 1.54) is 17.8 Å². The molecular weight excluding hydrogens is 310 g/mol. The summed E-state index contributed by atoms with van der Waals surface area (Å²) in [5.41, 5.74) is 1.82. The van der Waals surface area contributed by atoms with E-state index in [1.54, 1.807) is 17.0 Å². The zero-order chi connectivity index (χ0) is 16.7. The summed E-state index contributed by atoms with van der Waals surface area (Å²) in [5, 5.41) is 16.4. The zero-order valence-corrected chi connectivity index (χ0v) is 14.0. The van der Waals surface area contributed by atoms with Crippen molar-refractivity contribution < 1.29 is 9.90 Å². The first kappa shape index (κ1) is 17.3. The van der Waals surface area contributed by atoms with Gasteiger partial charge in [-0.25, -0.2) is 4.68 Å². The highest BCUT2D eigenvalue weighted by atomic mass is 32.2. The molecule has 1 aromatic heterocycles. The predicted octanol–water partition coefficient (Wildman–Crippen LogP) is 2.11. The Morgan fingerprint density at radius 2 is 2.17 bits per heavy atom. The Bertz CT molecular complexity index is 651. The molecule has 122 valence electrons. The number of aromatic nitrogens is 2. The molecule has 2 unspecified atom stereocenters. The first-order valence-corrected chi connectivity index (χ1v) is 8.65. The SMILES string of the molecule is CSC(CO)C(C)NC(=O)/C=C/c1cnn(-c2ccccc2)c1. The molecule has 2 atom stereocenters. The molecule has 6 heteroatoms. The van der Waals surface area contributed by atoms with Gasteiger partial charge in [0.05, 0.1) is 18.5 Å². The van der Waals surface area contributed by atoms with Crippen molar-refractivity contribution in [1.29, 1.82) is 0 Å². The van der Waals surface area contributed by atoms with Crippen molar-refractivity contribution in [2.24, 2.45) is 0 Å². The van der Waals surface area contributed by atoms with Crippen LogP contribution >= 0.6 is 11.8 Å². The molecule has 0 aliphatic heterocycles. The van der Waals surface area contributed by atoms with E-state index in [0.717, 1.165) is 11.3 Å². The van der Waals surface area contributed by atoms with Gasteiger partial charge in [0.15, 0.2) is 0 Å². The number of para-hydroxylation sites is 1. The van der Waals surface area contributed by atoms with Crippen LogP contribution in [0.15, 0.2) is 48.8 Å². The van der Waals surface area contributed by atoms with Gasteiger partial charge in [-0.1, -0.05) is 18.2 Å². The van der Waals surface area contributed by atoms with E-state index in [-0.39, 0.29) is 23.8 Å². The number of aliphatic hydroxyl groups excluding tert-OH is 1. The third-order valence-corrected chi connectivity index (χ3v) is 4.62. The normalized spacial score (nSPS) is 13.9. The average molecular weight is 331 g/mol. The molecule has 0 aliphatic rings. The molecule has 1 amide bonds. The molecule has 2 rings (SSSR count). The number of hydrogen-bond acceptors (Lipinski definition) is 4. The standard InChI is InChI=1S/C17H21N3O2S/c1-13(16(12-21)23-2)19-17(22)9-8-14-10-18-20(11-14)15-6-4-3-5-7-15/h3-11,13,16,21H,12H2,1-2H3,(H,19,22)/b9-8+. The lowest BCUT2D eigenvalue weighted by molar-refractivity contribution is -0.117. The molecule has 0 fully saturated rings. The molecule has 0 saturated heterocycles. The van der Waals surface area contributed by atoms with Crippen LogP contribution < -0.4 is 5.32 Å². The van der Waals surface area contributed by atoms with E-state index in [9.17, 15) is 9.90 Å². The number of rotatable bonds is 7. The Labute approximate surface area is 140 Å². The van der Waals surface area contributed by atoms with Crippen LogP contribution in [0.1, 0.15) is 12.5 Å². The molecule has 5 nitrogen and oxygen atoms in total. The molecule has 1 heterocycles. The molecule has 0 radical (unpaired) electrons. The lowest BCUT2D eigenvalue weighted by Crippen LogP contribution is -2.40. The van der Waals surface area contributed by atoms with Gasteiger partial charge in [0.25, 0.3) is 0 Å². The minimum Gasteiger partial charge on any atom is -0.395 e. The Kier molecular flexibility index (Phi) is 6.43. The smallest absolute Gasteiger partial charge is 0.244 e. The highest BCUT2D eigenvalue weighted by molar-refractivity contribution is 7.99. The summed E-state index contributed by atoms with van der Waals surface area (Å²) in [5.74, 6) is -0.183. The quantitative estimate of drug-likeness (QED) is 0.763. The number of carbonyl (C=O) groups excluding carboxylic acids is 1. The van der Waals surface area contributed by atoms with Crippen LogP contribution in [0.3, 0.4) is 0 Å². The number of thioether (sulfide) groups is 1. The number of nitrogens with one attached hydrogen (secondary N) is 1. The maximum atomic E-state index is 11.9. The minimum absolute atomic E-state index is 0.00631. The minimum atomic E-state index is -0.183. The third-order valence-electron chi connectivity index (χ3n) is 3.46. The van der Waals surface area contributed by atoms with Gasteiger partial charge < -0.3 is 10.4 Å². The molecule has 2 N–H and O–H groups in total. The van der Waals surface area contributed by atoms with E-state index >= 15 is 0 Å². The molecule has 0 spiro atoms. The van der Waals surface area contributed by atoms with Gasteiger partial charge in [-0.15, -0.1) is 0 Å². The Morgan fingerprint density at radius 1 is 1.43 bits per heavy atom. The van der Waals surface area contributed by atoms with Crippen LogP contribution in [0.4, 0.5) is 0 Å². The Balaban J connectivity index is 1.95. The summed E-state index contributed by atoms with van der Waals surface area (Å²) in [6, 6.07) is 9.68. The van der Waals surface area contributed by atoms with Crippen LogP contribution in [-0.2, 0) is 4.79 Å². The second kappa shape index (κ2) is 8.55. The molecule has 0 saturated carbocycles. The molecule has 2 aromatic rings. The Morgan fingerprint density at radius 3 is 2.83 bits per heavy atom. The number of nitrogens with zero attached hydrogens (tertiary/aromatic N) is 2. The van der Waals surface area contributed by atoms with E-state index in [1.807, 2.05) is 49.7 Å². The van der Waals surface area contributed by atoms with Gasteiger partial charge in [0.1, 0.15) is 0 Å². The summed E-state index contributed by atoms with van der Waals surface area (Å²) in [6.45, 7) is 1.92. The van der Waals surface area contributed by atoms with Crippen molar-refractivity contribution in [3.63, 3.8) is 0 Å². The fraction of sp³-hybridized carbons (Fsp3) is 0.294. The van der Waals surface area contributed by atoms with E-state index in [2.05, 4.69) is 10.4 Å². The molecule has 1 aromatic carbocycles. The van der Waals surface area contributed by atoms with Crippen molar-refractivity contribution in [2.45, 2.75) is 18.2 Å². The van der Waals surface area contributed by atoms with Crippen LogP contribution in [0.2, 0.25) is 0 Å². The summed E-state index contributed by atoms with van der Waals surface area (Å²) >= 11 is 1.53. The Hall–Kier alpha value is -2.05. The summed E-state index contributed by atoms with van der Waals surface area (Å²) in [4.78, 5) is 11.9. The van der Waals surface area contributed by atoms with Gasteiger partial charge in [0, 0.05) is 29.1 Å². The summed E-state index contributed by atoms with van der Waals surface area (Å²) < 4.78 is 1.76. The first-order valence-electron chi connectivity index (χ1n) is 7.36. The van der Waals surface area contributed by atoms with Crippen LogP contribution in [0, 0.1) is 0 Å². The molecule has 23 heavy (non-hydrogen) atoms. The lowest BCUT2D eigenvalue weighted by Gasteiger charge is -2.20. The van der Waals surface area contributed by atoms with Crippen LogP contribution in [-0.4, -0.2) is 44.9 Å². The van der Waals surface area contributed by atoms with E-state index in [4.69, 9.17) is 0 Å². The van der Waals surface area contributed by atoms with Crippen molar-refractivity contribution in [3.8, 4) is 5.69 Å². The summed E-state index contributed by atoms with van der Waals surface area (Å²) in [7, 11) is 0. The maximum absolute atomic E-state index is 11.9. The topological polar surface area (TPSA) is 67.2 Å². The van der Waals surface area contributed by atoms with Crippen molar-refractivity contribution in [2.75, 3.05) is 12.9 Å². The van der Waals surface area contributed by atoms with Crippen LogP contribution in [0.5, 0.6) is 0 Å². The number of amides is 1. The largest absolute Gasteiger partial charge is 0.395 e. The maximum Gasteiger partial charge on any atom is 0.244 e. The van der Waals surface area contributed by atoms with Gasteiger partial charge in [-0.05, 0) is 31.4 Å². The van der Waals surface area contributed by atoms with E-state index in [0.29, 0.717) is 0 Å². The highest BCUT2D eigenvalue weighted by Gasteiger charge is 2.16. The molecular formula is C17H21N3O2S. The monoisotopic (exact) mass is 331 g/mol. The number of benzene rings is 1. The van der Waals surface area contributed by atoms with Crippen molar-refractivity contribution in [3.05, 3.63) is 54.4 Å². The molecule has 0 aliphatic carbocycles. The average Bonchev–Trinajstić information content (AvgIpc) is 3.04. The highest BCUT2D eigenvalue weighted by Crippen LogP contribution is 2.11. The fourth-order valence-corrected chi connectivity index (χ4v) is 2.74. The lowest BCUT2D eigenvalue weighted by atomic mass is 10.2. The number of carbonyl (C=O) groups is 1. The number of hydrogen-bond donors (Lipinski definition) is 2. The van der Waals surface area contributed by atoms with Gasteiger partial charge in [-0.2, -0.15) is 16.9 Å². The zero-order valence-electron chi connectivity index (χ0n) is 13.2. The van der Waals surface area contributed by atoms with Gasteiger partial charge >= 0.3 is 0 Å². The first-order chi connectivity index (χ1) is 11.1. The van der Waals surface area contributed by atoms with E-state index < -0.39 is 0 Å². The second-order valence-electron chi connectivity index (χ2n) is 5.14. The van der Waals surface area contributed by atoms with Crippen LogP contribution in [0.25, 0.3) is 11.8 Å². The van der Waals surface area contributed by atoms with Crippen molar-refractivity contribution in [1.82, 2.24) is 15.1 Å². The van der Waals surface area contributed by atoms with Gasteiger partial charge in [0.2, 0.25) is 5.91 Å². The predicted molar refractivity (Wildman–Crippen MR) is 94.6 cm³/mol. The van der Waals surface area contributed by atoms with Gasteiger partial charge in [-0.3, -0.25) is 4.79 Å².